The van der Waals surface area contributed by atoms with E-state index in [0.717, 1.165) is 61.9 Å². The predicted molar refractivity (Wildman–Crippen MR) is 100 cm³/mol. The summed E-state index contributed by atoms with van der Waals surface area (Å²) in [7, 11) is 0. The van der Waals surface area contributed by atoms with Crippen LogP contribution >= 0.6 is 0 Å². The SMILES string of the molecule is CC(C)C1CCN(c2ncc(NC[C@H]3CC[C@@H](N)CC3)cn2)CC1. The van der Waals surface area contributed by atoms with Crippen LogP contribution in [0.4, 0.5) is 11.6 Å². The normalized spacial score (nSPS) is 25.9. The molecule has 5 heteroatoms. The first kappa shape index (κ1) is 17.5. The van der Waals surface area contributed by atoms with Crippen molar-refractivity contribution < 1.29 is 0 Å². The van der Waals surface area contributed by atoms with Crippen LogP contribution in [0, 0.1) is 17.8 Å². The Morgan fingerprint density at radius 2 is 1.71 bits per heavy atom. The van der Waals surface area contributed by atoms with Gasteiger partial charge in [0.2, 0.25) is 5.95 Å². The minimum Gasteiger partial charge on any atom is -0.382 e. The van der Waals surface area contributed by atoms with Gasteiger partial charge in [-0.15, -0.1) is 0 Å². The van der Waals surface area contributed by atoms with Gasteiger partial charge in [-0.3, -0.25) is 0 Å². The molecule has 0 spiro atoms. The molecule has 2 fully saturated rings. The average Bonchev–Trinajstić information content (AvgIpc) is 2.62. The number of hydrogen-bond donors (Lipinski definition) is 2. The molecular weight excluding hydrogens is 298 g/mol. The zero-order valence-electron chi connectivity index (χ0n) is 15.2. The average molecular weight is 332 g/mol. The third-order valence-corrected chi connectivity index (χ3v) is 5.89. The molecule has 1 aromatic rings. The van der Waals surface area contributed by atoms with Gasteiger partial charge in [0.15, 0.2) is 0 Å². The first-order chi connectivity index (χ1) is 11.6. The molecule has 2 aliphatic rings. The molecule has 134 valence electrons. The number of aromatic nitrogens is 2. The second-order valence-corrected chi connectivity index (χ2v) is 8.00. The van der Waals surface area contributed by atoms with Crippen LogP contribution < -0.4 is 16.0 Å². The molecule has 0 aromatic carbocycles. The Morgan fingerprint density at radius 3 is 2.29 bits per heavy atom. The third-order valence-electron chi connectivity index (χ3n) is 5.89. The number of anilines is 2. The van der Waals surface area contributed by atoms with Crippen molar-refractivity contribution in [2.24, 2.45) is 23.5 Å². The smallest absolute Gasteiger partial charge is 0.225 e. The topological polar surface area (TPSA) is 67.1 Å². The molecule has 1 aliphatic heterocycles. The summed E-state index contributed by atoms with van der Waals surface area (Å²) in [4.78, 5) is 11.5. The van der Waals surface area contributed by atoms with Gasteiger partial charge in [0, 0.05) is 25.7 Å². The minimum absolute atomic E-state index is 0.420. The molecular formula is C19H33N5. The van der Waals surface area contributed by atoms with Crippen molar-refractivity contribution in [2.75, 3.05) is 29.9 Å². The van der Waals surface area contributed by atoms with Crippen molar-refractivity contribution >= 4 is 11.6 Å². The van der Waals surface area contributed by atoms with Crippen LogP contribution in [-0.4, -0.2) is 35.6 Å². The van der Waals surface area contributed by atoms with Gasteiger partial charge in [0.25, 0.3) is 0 Å². The summed E-state index contributed by atoms with van der Waals surface area (Å²) >= 11 is 0. The van der Waals surface area contributed by atoms with Crippen molar-refractivity contribution in [3.05, 3.63) is 12.4 Å². The lowest BCUT2D eigenvalue weighted by atomic mass is 9.86. The van der Waals surface area contributed by atoms with E-state index in [1.807, 2.05) is 12.4 Å². The molecule has 0 atom stereocenters. The first-order valence-electron chi connectivity index (χ1n) is 9.68. The van der Waals surface area contributed by atoms with Crippen LogP contribution in [0.2, 0.25) is 0 Å². The Hall–Kier alpha value is -1.36. The Morgan fingerprint density at radius 1 is 1.08 bits per heavy atom. The van der Waals surface area contributed by atoms with Crippen LogP contribution in [0.15, 0.2) is 12.4 Å². The highest BCUT2D eigenvalue weighted by Crippen LogP contribution is 2.27. The van der Waals surface area contributed by atoms with Crippen LogP contribution in [-0.2, 0) is 0 Å². The largest absolute Gasteiger partial charge is 0.382 e. The van der Waals surface area contributed by atoms with E-state index in [9.17, 15) is 0 Å². The highest BCUT2D eigenvalue weighted by Gasteiger charge is 2.23. The van der Waals surface area contributed by atoms with E-state index < -0.39 is 0 Å². The molecule has 0 unspecified atom stereocenters. The maximum atomic E-state index is 5.97. The Balaban J connectivity index is 1.45. The zero-order valence-corrected chi connectivity index (χ0v) is 15.2. The second-order valence-electron chi connectivity index (χ2n) is 8.00. The summed E-state index contributed by atoms with van der Waals surface area (Å²) in [5.74, 6) is 3.26. The fourth-order valence-electron chi connectivity index (χ4n) is 4.00. The Bertz CT molecular complexity index is 485. The quantitative estimate of drug-likeness (QED) is 0.867. The number of hydrogen-bond acceptors (Lipinski definition) is 5. The van der Waals surface area contributed by atoms with Gasteiger partial charge in [-0.2, -0.15) is 0 Å². The van der Waals surface area contributed by atoms with Gasteiger partial charge in [-0.05, 0) is 56.3 Å². The highest BCUT2D eigenvalue weighted by molar-refractivity contribution is 5.42. The monoisotopic (exact) mass is 331 g/mol. The summed E-state index contributed by atoms with van der Waals surface area (Å²) in [6.07, 6.45) is 11.2. The highest BCUT2D eigenvalue weighted by atomic mass is 15.3. The van der Waals surface area contributed by atoms with E-state index in [4.69, 9.17) is 5.73 Å². The van der Waals surface area contributed by atoms with E-state index in [1.165, 1.54) is 25.7 Å². The van der Waals surface area contributed by atoms with Crippen LogP contribution in [0.1, 0.15) is 52.4 Å². The summed E-state index contributed by atoms with van der Waals surface area (Å²) in [5.41, 5.74) is 7.00. The molecule has 1 saturated heterocycles. The summed E-state index contributed by atoms with van der Waals surface area (Å²) in [5, 5.41) is 3.50. The maximum absolute atomic E-state index is 5.97. The van der Waals surface area contributed by atoms with Crippen molar-refractivity contribution in [1.29, 1.82) is 0 Å². The molecule has 3 N–H and O–H groups in total. The van der Waals surface area contributed by atoms with Gasteiger partial charge >= 0.3 is 0 Å². The van der Waals surface area contributed by atoms with Gasteiger partial charge in [0.05, 0.1) is 18.1 Å². The van der Waals surface area contributed by atoms with E-state index in [2.05, 4.69) is 34.0 Å². The lowest BCUT2D eigenvalue weighted by Gasteiger charge is -2.33. The van der Waals surface area contributed by atoms with Crippen molar-refractivity contribution in [3.8, 4) is 0 Å². The third kappa shape index (κ3) is 4.59. The van der Waals surface area contributed by atoms with Crippen LogP contribution in [0.25, 0.3) is 0 Å². The molecule has 0 amide bonds. The Labute approximate surface area is 146 Å². The predicted octanol–water partition coefficient (Wildman–Crippen LogP) is 3.28. The van der Waals surface area contributed by atoms with E-state index in [-0.39, 0.29) is 0 Å². The molecule has 0 radical (unpaired) electrons. The molecule has 24 heavy (non-hydrogen) atoms. The second kappa shape index (κ2) is 8.15. The van der Waals surface area contributed by atoms with Crippen molar-refractivity contribution in [3.63, 3.8) is 0 Å². The molecule has 1 saturated carbocycles. The molecule has 5 nitrogen and oxygen atoms in total. The van der Waals surface area contributed by atoms with Gasteiger partial charge in [-0.25, -0.2) is 9.97 Å². The molecule has 1 aliphatic carbocycles. The lowest BCUT2D eigenvalue weighted by Crippen LogP contribution is -2.36. The lowest BCUT2D eigenvalue weighted by molar-refractivity contribution is 0.310. The minimum atomic E-state index is 0.420. The van der Waals surface area contributed by atoms with E-state index >= 15 is 0 Å². The number of piperidine rings is 1. The summed E-state index contributed by atoms with van der Waals surface area (Å²) in [6, 6.07) is 0.420. The fourth-order valence-corrected chi connectivity index (χ4v) is 4.00. The standard InChI is InChI=1S/C19H33N5/c1-14(2)16-7-9-24(10-8-16)19-22-12-18(13-23-19)21-11-15-3-5-17(20)6-4-15/h12-17,21H,3-11,20H2,1-2H3/t15-,17+. The van der Waals surface area contributed by atoms with E-state index in [1.54, 1.807) is 0 Å². The van der Waals surface area contributed by atoms with E-state index in [0.29, 0.717) is 6.04 Å². The summed E-state index contributed by atoms with van der Waals surface area (Å²) < 4.78 is 0. The molecule has 0 bridgehead atoms. The number of rotatable bonds is 5. The zero-order chi connectivity index (χ0) is 16.9. The van der Waals surface area contributed by atoms with Gasteiger partial charge in [-0.1, -0.05) is 13.8 Å². The van der Waals surface area contributed by atoms with Crippen LogP contribution in [0.3, 0.4) is 0 Å². The molecule has 2 heterocycles. The number of nitrogens with one attached hydrogen (secondary N) is 1. The fraction of sp³-hybridized carbons (Fsp3) is 0.789. The van der Waals surface area contributed by atoms with Crippen LogP contribution in [0.5, 0.6) is 0 Å². The van der Waals surface area contributed by atoms with Crippen molar-refractivity contribution in [2.45, 2.75) is 58.4 Å². The molecule has 3 rings (SSSR count). The number of nitrogens with zero attached hydrogens (tertiary/aromatic N) is 3. The Kier molecular flexibility index (Phi) is 5.93. The maximum Gasteiger partial charge on any atom is 0.225 e. The van der Waals surface area contributed by atoms with Crippen molar-refractivity contribution in [1.82, 2.24) is 9.97 Å². The first-order valence-corrected chi connectivity index (χ1v) is 9.68. The van der Waals surface area contributed by atoms with Gasteiger partial charge in [0.1, 0.15) is 0 Å². The summed E-state index contributed by atoms with van der Waals surface area (Å²) in [6.45, 7) is 7.83. The van der Waals surface area contributed by atoms with Gasteiger partial charge < -0.3 is 16.0 Å². The number of nitrogens with two attached hydrogens (primary N) is 1. The molecule has 1 aromatic heterocycles.